The molecular formula is C21H20N2O5. The molecule has 0 aliphatic heterocycles. The van der Waals surface area contributed by atoms with Gasteiger partial charge in [-0.2, -0.15) is 0 Å². The van der Waals surface area contributed by atoms with Crippen LogP contribution >= 0.6 is 0 Å². The quantitative estimate of drug-likeness (QED) is 0.585. The van der Waals surface area contributed by atoms with E-state index < -0.39 is 5.91 Å². The standard InChI is InChI=1S/C21H20N2O5/c1-26-17-9-4-5-10-18(17)28-14-12-22-20(24)15-7-2-3-8-16(15)23-21(25)19-11-6-13-27-19/h2-11,13H,12,14H2,1H3,(H,22,24)(H,23,25). The van der Waals surface area contributed by atoms with Crippen LogP contribution in [0.4, 0.5) is 5.69 Å². The average Bonchev–Trinajstić information content (AvgIpc) is 3.27. The van der Waals surface area contributed by atoms with Crippen LogP contribution in [-0.4, -0.2) is 32.1 Å². The maximum atomic E-state index is 12.5. The Labute approximate surface area is 162 Å². The number of methoxy groups -OCH3 is 1. The molecule has 7 heteroatoms. The summed E-state index contributed by atoms with van der Waals surface area (Å²) in [5, 5.41) is 5.46. The van der Waals surface area contributed by atoms with Crippen molar-refractivity contribution in [3.63, 3.8) is 0 Å². The van der Waals surface area contributed by atoms with Gasteiger partial charge in [0, 0.05) is 0 Å². The highest BCUT2D eigenvalue weighted by molar-refractivity contribution is 6.07. The number of carbonyl (C=O) groups excluding carboxylic acids is 2. The van der Waals surface area contributed by atoms with E-state index in [1.54, 1.807) is 55.6 Å². The van der Waals surface area contributed by atoms with E-state index in [1.165, 1.54) is 6.26 Å². The first-order chi connectivity index (χ1) is 13.7. The molecule has 2 amide bonds. The highest BCUT2D eigenvalue weighted by atomic mass is 16.5. The minimum absolute atomic E-state index is 0.167. The van der Waals surface area contributed by atoms with Gasteiger partial charge in [0.2, 0.25) is 0 Å². The molecule has 144 valence electrons. The molecule has 0 fully saturated rings. The summed E-state index contributed by atoms with van der Waals surface area (Å²) >= 11 is 0. The molecule has 0 aliphatic rings. The number of rotatable bonds is 8. The lowest BCUT2D eigenvalue weighted by Gasteiger charge is -2.12. The maximum absolute atomic E-state index is 12.5. The number of amides is 2. The Morgan fingerprint density at radius 1 is 0.929 bits per heavy atom. The van der Waals surface area contributed by atoms with Crippen LogP contribution in [0.5, 0.6) is 11.5 Å². The Bertz CT molecular complexity index is 937. The smallest absolute Gasteiger partial charge is 0.291 e. The van der Waals surface area contributed by atoms with Gasteiger partial charge in [-0.25, -0.2) is 0 Å². The third-order valence-corrected chi connectivity index (χ3v) is 3.88. The van der Waals surface area contributed by atoms with Gasteiger partial charge in [0.25, 0.3) is 11.8 Å². The zero-order valence-electron chi connectivity index (χ0n) is 15.3. The van der Waals surface area contributed by atoms with Gasteiger partial charge < -0.3 is 24.5 Å². The third kappa shape index (κ3) is 4.70. The molecule has 0 saturated heterocycles. The van der Waals surface area contributed by atoms with Crippen molar-refractivity contribution in [2.24, 2.45) is 0 Å². The number of ether oxygens (including phenoxy) is 2. The molecule has 28 heavy (non-hydrogen) atoms. The van der Waals surface area contributed by atoms with Gasteiger partial charge in [0.05, 0.1) is 31.2 Å². The average molecular weight is 380 g/mol. The van der Waals surface area contributed by atoms with E-state index in [2.05, 4.69) is 10.6 Å². The molecule has 0 atom stereocenters. The van der Waals surface area contributed by atoms with Crippen molar-refractivity contribution in [3.05, 3.63) is 78.3 Å². The topological polar surface area (TPSA) is 89.8 Å². The fourth-order valence-electron chi connectivity index (χ4n) is 2.54. The number of anilines is 1. The Hall–Kier alpha value is -3.74. The molecule has 0 spiro atoms. The fourth-order valence-corrected chi connectivity index (χ4v) is 2.54. The number of furan rings is 1. The largest absolute Gasteiger partial charge is 0.493 e. The number of benzene rings is 2. The Morgan fingerprint density at radius 3 is 2.43 bits per heavy atom. The number of para-hydroxylation sites is 3. The normalized spacial score (nSPS) is 10.2. The van der Waals surface area contributed by atoms with E-state index >= 15 is 0 Å². The number of hydrogen-bond acceptors (Lipinski definition) is 5. The van der Waals surface area contributed by atoms with Crippen molar-refractivity contribution in [1.29, 1.82) is 0 Å². The van der Waals surface area contributed by atoms with Crippen molar-refractivity contribution in [3.8, 4) is 11.5 Å². The van der Waals surface area contributed by atoms with E-state index in [1.807, 2.05) is 12.1 Å². The van der Waals surface area contributed by atoms with Gasteiger partial charge in [-0.3, -0.25) is 9.59 Å². The van der Waals surface area contributed by atoms with Crippen LogP contribution in [0.15, 0.2) is 71.3 Å². The highest BCUT2D eigenvalue weighted by Crippen LogP contribution is 2.25. The van der Waals surface area contributed by atoms with Crippen molar-refractivity contribution in [1.82, 2.24) is 5.32 Å². The molecule has 3 aromatic rings. The summed E-state index contributed by atoms with van der Waals surface area (Å²) in [4.78, 5) is 24.7. The summed E-state index contributed by atoms with van der Waals surface area (Å²) in [6.45, 7) is 0.560. The Morgan fingerprint density at radius 2 is 1.68 bits per heavy atom. The van der Waals surface area contributed by atoms with Crippen LogP contribution in [0.1, 0.15) is 20.9 Å². The molecule has 2 aromatic carbocycles. The molecular weight excluding hydrogens is 360 g/mol. The zero-order chi connectivity index (χ0) is 19.8. The van der Waals surface area contributed by atoms with E-state index in [0.29, 0.717) is 22.7 Å². The van der Waals surface area contributed by atoms with Gasteiger partial charge >= 0.3 is 0 Å². The Kier molecular flexibility index (Phi) is 6.30. The predicted octanol–water partition coefficient (Wildman–Crippen LogP) is 3.35. The van der Waals surface area contributed by atoms with Gasteiger partial charge in [-0.1, -0.05) is 24.3 Å². The SMILES string of the molecule is COc1ccccc1OCCNC(=O)c1ccccc1NC(=O)c1ccco1. The summed E-state index contributed by atoms with van der Waals surface area (Å²) < 4.78 is 15.9. The maximum Gasteiger partial charge on any atom is 0.291 e. The van der Waals surface area contributed by atoms with Gasteiger partial charge in [-0.15, -0.1) is 0 Å². The molecule has 0 aliphatic carbocycles. The molecule has 2 N–H and O–H groups in total. The summed E-state index contributed by atoms with van der Waals surface area (Å²) in [5.74, 6) is 0.648. The van der Waals surface area contributed by atoms with Crippen LogP contribution in [0.3, 0.4) is 0 Å². The highest BCUT2D eigenvalue weighted by Gasteiger charge is 2.15. The molecule has 0 unspecified atom stereocenters. The van der Waals surface area contributed by atoms with Crippen molar-refractivity contribution < 1.29 is 23.5 Å². The fraction of sp³-hybridized carbons (Fsp3) is 0.143. The lowest BCUT2D eigenvalue weighted by molar-refractivity contribution is 0.0947. The summed E-state index contributed by atoms with van der Waals surface area (Å²) in [6.07, 6.45) is 1.41. The molecule has 1 heterocycles. The number of nitrogens with one attached hydrogen (secondary N) is 2. The van der Waals surface area contributed by atoms with E-state index in [-0.39, 0.29) is 24.8 Å². The minimum atomic E-state index is -0.426. The Balaban J connectivity index is 1.56. The van der Waals surface area contributed by atoms with E-state index in [0.717, 1.165) is 0 Å². The summed E-state index contributed by atoms with van der Waals surface area (Å²) in [7, 11) is 1.57. The van der Waals surface area contributed by atoms with Crippen LogP contribution in [0.2, 0.25) is 0 Å². The molecule has 1 aromatic heterocycles. The molecule has 3 rings (SSSR count). The predicted molar refractivity (Wildman–Crippen MR) is 104 cm³/mol. The second-order valence-corrected chi connectivity index (χ2v) is 5.73. The number of carbonyl (C=O) groups is 2. The van der Waals surface area contributed by atoms with Crippen LogP contribution < -0.4 is 20.1 Å². The van der Waals surface area contributed by atoms with Crippen molar-refractivity contribution in [2.75, 3.05) is 25.6 Å². The third-order valence-electron chi connectivity index (χ3n) is 3.88. The lowest BCUT2D eigenvalue weighted by Crippen LogP contribution is -2.29. The summed E-state index contributed by atoms with van der Waals surface area (Å²) in [6, 6.07) is 17.2. The van der Waals surface area contributed by atoms with Crippen molar-refractivity contribution >= 4 is 17.5 Å². The molecule has 7 nitrogen and oxygen atoms in total. The molecule has 0 bridgehead atoms. The van der Waals surface area contributed by atoms with Crippen LogP contribution in [0, 0.1) is 0 Å². The molecule has 0 radical (unpaired) electrons. The number of hydrogen-bond donors (Lipinski definition) is 2. The zero-order valence-corrected chi connectivity index (χ0v) is 15.3. The second kappa shape index (κ2) is 9.27. The minimum Gasteiger partial charge on any atom is -0.493 e. The summed E-state index contributed by atoms with van der Waals surface area (Å²) in [5.41, 5.74) is 0.742. The molecule has 0 saturated carbocycles. The van der Waals surface area contributed by atoms with Gasteiger partial charge in [-0.05, 0) is 36.4 Å². The van der Waals surface area contributed by atoms with Crippen LogP contribution in [0.25, 0.3) is 0 Å². The monoisotopic (exact) mass is 380 g/mol. The lowest BCUT2D eigenvalue weighted by atomic mass is 10.1. The first-order valence-electron chi connectivity index (χ1n) is 8.67. The van der Waals surface area contributed by atoms with E-state index in [4.69, 9.17) is 13.9 Å². The van der Waals surface area contributed by atoms with Crippen molar-refractivity contribution in [2.45, 2.75) is 0 Å². The van der Waals surface area contributed by atoms with Gasteiger partial charge in [0.15, 0.2) is 17.3 Å². The van der Waals surface area contributed by atoms with Gasteiger partial charge in [0.1, 0.15) is 6.61 Å². The van der Waals surface area contributed by atoms with E-state index in [9.17, 15) is 9.59 Å². The first kappa shape index (κ1) is 19.0. The van der Waals surface area contributed by atoms with Crippen LogP contribution in [-0.2, 0) is 0 Å². The first-order valence-corrected chi connectivity index (χ1v) is 8.67. The second-order valence-electron chi connectivity index (χ2n) is 5.73.